The average Bonchev–Trinajstić information content (AvgIpc) is 3.40. The van der Waals surface area contributed by atoms with Crippen molar-refractivity contribution in [1.82, 2.24) is 19.9 Å². The second-order valence-electron chi connectivity index (χ2n) is 21.1. The molecule has 3 aromatic heterocycles. The van der Waals surface area contributed by atoms with Gasteiger partial charge < -0.3 is 29.7 Å². The highest BCUT2D eigenvalue weighted by atomic mass is 16.5. The van der Waals surface area contributed by atoms with Crippen LogP contribution in [0.1, 0.15) is 208 Å². The summed E-state index contributed by atoms with van der Waals surface area (Å²) in [6, 6.07) is 6.15. The third kappa shape index (κ3) is 10.4. The van der Waals surface area contributed by atoms with Crippen LogP contribution in [0.15, 0.2) is 18.2 Å². The molecule has 0 amide bonds. The SMILES string of the molecule is CC[C@H]1c2cc3[nH]c4c(c5nc(cc6[nH]c(cc(n2)[C@@H]1C)c(=C(C)O)c6C)[C@@H](C)[C@@H]5CCC(=O)OCC[C@@H]1C[C@@H]1CC[C@H](C)CCC[C@H](C)CCCC(C)C)[C@@H](C(=O)OC)C(O)=c4c3C. The van der Waals surface area contributed by atoms with Gasteiger partial charge in [0.25, 0.3) is 0 Å². The summed E-state index contributed by atoms with van der Waals surface area (Å²) >= 11 is 0. The molecule has 0 saturated heterocycles. The molecule has 1 saturated carbocycles. The van der Waals surface area contributed by atoms with E-state index in [1.54, 1.807) is 6.92 Å². The maximum absolute atomic E-state index is 13.7. The lowest BCUT2D eigenvalue weighted by atomic mass is 9.84. The quantitative estimate of drug-likeness (QED) is 0.0869. The van der Waals surface area contributed by atoms with Crippen molar-refractivity contribution >= 4 is 45.5 Å². The number of rotatable bonds is 19. The largest absolute Gasteiger partial charge is 0.512 e. The average molecular weight is 891 g/mol. The number of aromatic amines is 2. The predicted octanol–water partition coefficient (Wildman–Crippen LogP) is 12.1. The molecular weight excluding hydrogens is 813 g/mol. The van der Waals surface area contributed by atoms with E-state index in [0.717, 1.165) is 86.5 Å². The topological polar surface area (TPSA) is 150 Å². The van der Waals surface area contributed by atoms with Crippen molar-refractivity contribution in [3.05, 3.63) is 68.1 Å². The molecule has 354 valence electrons. The van der Waals surface area contributed by atoms with Crippen molar-refractivity contribution in [2.24, 2.45) is 29.6 Å². The van der Waals surface area contributed by atoms with E-state index in [1.165, 1.54) is 64.9 Å². The Morgan fingerprint density at radius 2 is 1.42 bits per heavy atom. The number of hydrogen-bond donors (Lipinski definition) is 4. The molecule has 3 aromatic rings. The summed E-state index contributed by atoms with van der Waals surface area (Å²) < 4.78 is 11.2. The lowest BCUT2D eigenvalue weighted by Crippen LogP contribution is -2.18. The Kier molecular flexibility index (Phi) is 15.2. The summed E-state index contributed by atoms with van der Waals surface area (Å²) in [6.45, 7) is 22.0. The van der Waals surface area contributed by atoms with Gasteiger partial charge in [0.2, 0.25) is 0 Å². The number of carbonyl (C=O) groups excluding carboxylic acids is 2. The Labute approximate surface area is 387 Å². The monoisotopic (exact) mass is 891 g/mol. The van der Waals surface area contributed by atoms with Gasteiger partial charge in [0.05, 0.1) is 36.2 Å². The van der Waals surface area contributed by atoms with Gasteiger partial charge in [-0.05, 0) is 112 Å². The molecule has 0 radical (unpaired) electrons. The zero-order valence-electron chi connectivity index (χ0n) is 41.3. The van der Waals surface area contributed by atoms with Crippen LogP contribution in [-0.2, 0) is 19.1 Å². The summed E-state index contributed by atoms with van der Waals surface area (Å²) in [5.74, 6) is 1.92. The lowest BCUT2D eigenvalue weighted by molar-refractivity contribution is -0.144. The maximum Gasteiger partial charge on any atom is 0.321 e. The third-order valence-corrected chi connectivity index (χ3v) is 15.8. The van der Waals surface area contributed by atoms with Gasteiger partial charge in [-0.1, -0.05) is 93.4 Å². The fourth-order valence-corrected chi connectivity index (χ4v) is 11.5. The van der Waals surface area contributed by atoms with E-state index in [-0.39, 0.29) is 47.6 Å². The van der Waals surface area contributed by atoms with Crippen molar-refractivity contribution in [3.8, 4) is 0 Å². The van der Waals surface area contributed by atoms with Crippen LogP contribution in [0.25, 0.3) is 33.6 Å². The Morgan fingerprint density at radius 3 is 2.09 bits per heavy atom. The molecule has 9 atom stereocenters. The minimum Gasteiger partial charge on any atom is -0.512 e. The van der Waals surface area contributed by atoms with Crippen LogP contribution in [0.5, 0.6) is 0 Å². The number of ether oxygens (including phenoxy) is 2. The molecule has 4 N–H and O–H groups in total. The predicted molar refractivity (Wildman–Crippen MR) is 261 cm³/mol. The van der Waals surface area contributed by atoms with E-state index in [4.69, 9.17) is 19.4 Å². The molecule has 7 rings (SSSR count). The van der Waals surface area contributed by atoms with Gasteiger partial charge in [0.15, 0.2) is 0 Å². The molecule has 0 aromatic carbocycles. The molecular formula is C55H78N4O6. The van der Waals surface area contributed by atoms with Gasteiger partial charge in [-0.3, -0.25) is 19.6 Å². The Bertz CT molecular complexity index is 2530. The Morgan fingerprint density at radius 1 is 0.800 bits per heavy atom. The van der Waals surface area contributed by atoms with E-state index in [9.17, 15) is 19.8 Å². The third-order valence-electron chi connectivity index (χ3n) is 15.8. The molecule has 0 spiro atoms. The van der Waals surface area contributed by atoms with Gasteiger partial charge in [-0.2, -0.15) is 0 Å². The molecule has 10 nitrogen and oxygen atoms in total. The second-order valence-corrected chi connectivity index (χ2v) is 21.1. The number of aliphatic hydroxyl groups is 2. The van der Waals surface area contributed by atoms with Crippen LogP contribution >= 0.6 is 0 Å². The van der Waals surface area contributed by atoms with Crippen LogP contribution in [-0.4, -0.2) is 55.8 Å². The van der Waals surface area contributed by atoms with Crippen LogP contribution in [0.2, 0.25) is 0 Å². The summed E-state index contributed by atoms with van der Waals surface area (Å²) in [5.41, 5.74) is 8.60. The standard InChI is InChI=1S/C55H78N4O6/c1-12-39-32(6)41-28-46-48(36(10)60)34(8)43(57-46)26-42-33(7)40(52(58-42)50-51(55(63)64-11)54(62)49-35(9)44(59-53(49)50)27-45(39)56-41)21-22-47(61)65-24-23-38-25-37(38)20-19-31(5)18-14-17-30(4)16-13-15-29(2)3/h26-33,37-40,51,57,59-60,62H,12-25H2,1-11H3/t30-,31-,32-,33+,37+,38-,39-,40+,51-/m1/s1. The smallest absolute Gasteiger partial charge is 0.321 e. The number of fused-ring (bicyclic) bond motifs is 8. The first-order chi connectivity index (χ1) is 31.0. The van der Waals surface area contributed by atoms with Gasteiger partial charge in [0.1, 0.15) is 11.7 Å². The summed E-state index contributed by atoms with van der Waals surface area (Å²) in [4.78, 5) is 44.8. The lowest BCUT2D eigenvalue weighted by Gasteiger charge is -2.19. The molecule has 0 unspecified atom stereocenters. The van der Waals surface area contributed by atoms with Crippen molar-refractivity contribution in [1.29, 1.82) is 0 Å². The maximum atomic E-state index is 13.7. The summed E-state index contributed by atoms with van der Waals surface area (Å²) in [5, 5.41) is 24.3. The van der Waals surface area contributed by atoms with Crippen LogP contribution in [0, 0.1) is 43.4 Å². The number of methoxy groups -OCH3 is 1. The normalized spacial score (nSPS) is 23.8. The van der Waals surface area contributed by atoms with Gasteiger partial charge in [0, 0.05) is 74.2 Å². The number of aryl methyl sites for hydroxylation is 2. The molecule has 1 fully saturated rings. The second kappa shape index (κ2) is 20.5. The fraction of sp³-hybridized carbons (Fsp3) is 0.636. The number of aromatic nitrogens is 4. The molecule has 2 aliphatic heterocycles. The van der Waals surface area contributed by atoms with E-state index >= 15 is 0 Å². The highest BCUT2D eigenvalue weighted by Gasteiger charge is 2.42. The summed E-state index contributed by atoms with van der Waals surface area (Å²) in [6.07, 6.45) is 14.3. The molecule has 10 heteroatoms. The number of nitrogens with zero attached hydrogens (tertiary/aromatic N) is 2. The van der Waals surface area contributed by atoms with E-state index in [2.05, 4.69) is 70.6 Å². The highest BCUT2D eigenvalue weighted by Crippen LogP contribution is 2.47. The Hall–Kier alpha value is -4.60. The van der Waals surface area contributed by atoms with E-state index in [0.29, 0.717) is 40.9 Å². The van der Waals surface area contributed by atoms with Gasteiger partial charge in [-0.15, -0.1) is 0 Å². The van der Waals surface area contributed by atoms with Crippen molar-refractivity contribution in [3.63, 3.8) is 0 Å². The zero-order valence-corrected chi connectivity index (χ0v) is 41.3. The number of nitrogens with one attached hydrogen (secondary N) is 2. The van der Waals surface area contributed by atoms with Crippen molar-refractivity contribution < 1.29 is 29.3 Å². The minimum atomic E-state index is -1.07. The number of esters is 2. The zero-order chi connectivity index (χ0) is 46.9. The van der Waals surface area contributed by atoms with E-state index in [1.807, 2.05) is 19.9 Å². The minimum absolute atomic E-state index is 0.0644. The highest BCUT2D eigenvalue weighted by molar-refractivity contribution is 5.96. The number of hydrogen-bond acceptors (Lipinski definition) is 8. The number of H-pyrrole nitrogens is 2. The van der Waals surface area contributed by atoms with Gasteiger partial charge >= 0.3 is 11.9 Å². The molecule has 2 aliphatic carbocycles. The molecule has 4 aliphatic rings. The first kappa shape index (κ1) is 48.3. The van der Waals surface area contributed by atoms with Gasteiger partial charge in [-0.25, -0.2) is 0 Å². The van der Waals surface area contributed by atoms with E-state index < -0.39 is 11.9 Å². The first-order valence-electron chi connectivity index (χ1n) is 25.1. The Balaban J connectivity index is 1.10. The molecule has 5 heterocycles. The number of carbonyl (C=O) groups is 2. The number of aliphatic hydroxyl groups excluding tert-OH is 2. The van der Waals surface area contributed by atoms with Crippen LogP contribution < -0.4 is 10.4 Å². The van der Waals surface area contributed by atoms with Crippen molar-refractivity contribution in [2.75, 3.05) is 13.7 Å². The first-order valence-corrected chi connectivity index (χ1v) is 25.1. The van der Waals surface area contributed by atoms with Crippen LogP contribution in [0.4, 0.5) is 0 Å². The van der Waals surface area contributed by atoms with Crippen molar-refractivity contribution in [2.45, 2.75) is 182 Å². The molecule has 65 heavy (non-hydrogen) atoms. The molecule has 8 bridgehead atoms. The fourth-order valence-electron chi connectivity index (χ4n) is 11.5. The summed E-state index contributed by atoms with van der Waals surface area (Å²) in [7, 11) is 1.34. The van der Waals surface area contributed by atoms with Crippen LogP contribution in [0.3, 0.4) is 0 Å².